The van der Waals surface area contributed by atoms with Crippen LogP contribution in [-0.4, -0.2) is 0 Å². The quantitative estimate of drug-likeness (QED) is 0.558. The summed E-state index contributed by atoms with van der Waals surface area (Å²) in [6, 6.07) is 14.4. The second kappa shape index (κ2) is 6.23. The van der Waals surface area contributed by atoms with Crippen molar-refractivity contribution in [3.8, 4) is 0 Å². The molecule has 0 spiro atoms. The van der Waals surface area contributed by atoms with Crippen molar-refractivity contribution >= 4 is 43.5 Å². The second-order valence-corrected chi connectivity index (χ2v) is 6.68. The third-order valence-corrected chi connectivity index (χ3v) is 4.67. The van der Waals surface area contributed by atoms with Gasteiger partial charge in [0.25, 0.3) is 0 Å². The molecule has 0 fully saturated rings. The Labute approximate surface area is 130 Å². The molecule has 18 heavy (non-hydrogen) atoms. The molecule has 0 saturated carbocycles. The Hall–Kier alpha value is -0.310. The summed E-state index contributed by atoms with van der Waals surface area (Å²) in [6.45, 7) is 2.06. The lowest BCUT2D eigenvalue weighted by atomic mass is 10.0. The molecular formula is C15H13Br2Cl. The van der Waals surface area contributed by atoms with Gasteiger partial charge in [0, 0.05) is 14.3 Å². The summed E-state index contributed by atoms with van der Waals surface area (Å²) in [5, 5.41) is 0.825. The van der Waals surface area contributed by atoms with Crippen molar-refractivity contribution in [2.45, 2.75) is 18.2 Å². The second-order valence-electron chi connectivity index (χ2n) is 4.26. The topological polar surface area (TPSA) is 0 Å². The summed E-state index contributed by atoms with van der Waals surface area (Å²) < 4.78 is 1.11. The van der Waals surface area contributed by atoms with Gasteiger partial charge in [0.1, 0.15) is 0 Å². The van der Waals surface area contributed by atoms with Gasteiger partial charge in [0.05, 0.1) is 0 Å². The number of hydrogen-bond acceptors (Lipinski definition) is 0. The van der Waals surface area contributed by atoms with Crippen molar-refractivity contribution in [3.05, 3.63) is 68.7 Å². The van der Waals surface area contributed by atoms with Crippen LogP contribution in [-0.2, 0) is 6.42 Å². The van der Waals surface area contributed by atoms with Gasteiger partial charge in [-0.3, -0.25) is 0 Å². The Morgan fingerprint density at radius 1 is 1.17 bits per heavy atom. The number of alkyl halides is 1. The standard InChI is InChI=1S/C15H13Br2Cl/c1-10-13(6-3-7-15(10)18)14(17)9-11-4-2-5-12(16)8-11/h2-8,14H,9H2,1H3. The van der Waals surface area contributed by atoms with Gasteiger partial charge in [-0.2, -0.15) is 0 Å². The first-order valence-corrected chi connectivity index (χ1v) is 7.80. The van der Waals surface area contributed by atoms with E-state index in [-0.39, 0.29) is 4.83 Å². The lowest BCUT2D eigenvalue weighted by Gasteiger charge is -2.14. The summed E-state index contributed by atoms with van der Waals surface area (Å²) in [4.78, 5) is 0.283. The fourth-order valence-corrected chi connectivity index (χ4v) is 3.44. The maximum absolute atomic E-state index is 6.16. The summed E-state index contributed by atoms with van der Waals surface area (Å²) in [6.07, 6.45) is 0.945. The predicted octanol–water partition coefficient (Wildman–Crippen LogP) is 6.09. The number of halogens is 3. The number of rotatable bonds is 3. The van der Waals surface area contributed by atoms with Crippen molar-refractivity contribution < 1.29 is 0 Å². The van der Waals surface area contributed by atoms with Crippen LogP contribution >= 0.6 is 43.5 Å². The maximum Gasteiger partial charge on any atom is 0.0438 e. The third kappa shape index (κ3) is 3.37. The minimum absolute atomic E-state index is 0.283. The minimum Gasteiger partial charge on any atom is -0.0840 e. The molecule has 0 aliphatic carbocycles. The zero-order chi connectivity index (χ0) is 13.1. The lowest BCUT2D eigenvalue weighted by molar-refractivity contribution is 0.937. The predicted molar refractivity (Wildman–Crippen MR) is 85.7 cm³/mol. The van der Waals surface area contributed by atoms with Crippen LogP contribution in [0.25, 0.3) is 0 Å². The normalized spacial score (nSPS) is 12.4. The van der Waals surface area contributed by atoms with Crippen LogP contribution in [0.3, 0.4) is 0 Å². The number of hydrogen-bond donors (Lipinski definition) is 0. The SMILES string of the molecule is Cc1c(Cl)cccc1C(Br)Cc1cccc(Br)c1. The van der Waals surface area contributed by atoms with Gasteiger partial charge >= 0.3 is 0 Å². The molecule has 0 aromatic heterocycles. The van der Waals surface area contributed by atoms with Crippen LogP contribution in [0.5, 0.6) is 0 Å². The van der Waals surface area contributed by atoms with E-state index in [1.807, 2.05) is 18.2 Å². The van der Waals surface area contributed by atoms with Crippen LogP contribution in [0.4, 0.5) is 0 Å². The highest BCUT2D eigenvalue weighted by atomic mass is 79.9. The monoisotopic (exact) mass is 386 g/mol. The van der Waals surface area contributed by atoms with Crippen LogP contribution in [0.1, 0.15) is 21.5 Å². The summed E-state index contributed by atoms with van der Waals surface area (Å²) >= 11 is 13.4. The fourth-order valence-electron chi connectivity index (χ4n) is 1.94. The maximum atomic E-state index is 6.16. The minimum atomic E-state index is 0.283. The van der Waals surface area contributed by atoms with Crippen molar-refractivity contribution in [1.82, 2.24) is 0 Å². The Bertz CT molecular complexity index is 552. The molecule has 0 N–H and O–H groups in total. The van der Waals surface area contributed by atoms with E-state index in [2.05, 4.69) is 63.0 Å². The molecule has 2 aromatic rings. The molecule has 0 bridgehead atoms. The van der Waals surface area contributed by atoms with Crippen molar-refractivity contribution in [3.63, 3.8) is 0 Å². The highest BCUT2D eigenvalue weighted by molar-refractivity contribution is 9.10. The van der Waals surface area contributed by atoms with E-state index < -0.39 is 0 Å². The van der Waals surface area contributed by atoms with Gasteiger partial charge < -0.3 is 0 Å². The van der Waals surface area contributed by atoms with Gasteiger partial charge in [0.15, 0.2) is 0 Å². The molecule has 0 heterocycles. The molecule has 0 radical (unpaired) electrons. The van der Waals surface area contributed by atoms with Crippen LogP contribution < -0.4 is 0 Å². The van der Waals surface area contributed by atoms with E-state index in [1.165, 1.54) is 11.1 Å². The average molecular weight is 389 g/mol. The molecule has 0 aliphatic rings. The summed E-state index contributed by atoms with van der Waals surface area (Å²) in [7, 11) is 0. The molecule has 0 amide bonds. The Morgan fingerprint density at radius 2 is 1.89 bits per heavy atom. The first kappa shape index (κ1) is 14.1. The zero-order valence-corrected chi connectivity index (χ0v) is 13.9. The molecule has 2 aromatic carbocycles. The molecular weight excluding hydrogens is 375 g/mol. The van der Waals surface area contributed by atoms with Gasteiger partial charge in [0.2, 0.25) is 0 Å². The van der Waals surface area contributed by atoms with Crippen molar-refractivity contribution in [1.29, 1.82) is 0 Å². The first-order chi connectivity index (χ1) is 8.58. The largest absolute Gasteiger partial charge is 0.0840 e. The first-order valence-electron chi connectivity index (χ1n) is 5.71. The van der Waals surface area contributed by atoms with E-state index >= 15 is 0 Å². The Balaban J connectivity index is 2.22. The van der Waals surface area contributed by atoms with E-state index in [9.17, 15) is 0 Å². The van der Waals surface area contributed by atoms with Gasteiger partial charge in [-0.15, -0.1) is 0 Å². The fraction of sp³-hybridized carbons (Fsp3) is 0.200. The van der Waals surface area contributed by atoms with E-state index in [0.717, 1.165) is 21.5 Å². The molecule has 2 rings (SSSR count). The van der Waals surface area contributed by atoms with Crippen molar-refractivity contribution in [2.24, 2.45) is 0 Å². The van der Waals surface area contributed by atoms with Crippen molar-refractivity contribution in [2.75, 3.05) is 0 Å². The Kier molecular flexibility index (Phi) is 4.88. The van der Waals surface area contributed by atoms with Gasteiger partial charge in [-0.1, -0.05) is 67.7 Å². The van der Waals surface area contributed by atoms with E-state index in [0.29, 0.717) is 0 Å². The number of benzene rings is 2. The van der Waals surface area contributed by atoms with E-state index in [1.54, 1.807) is 0 Å². The third-order valence-electron chi connectivity index (χ3n) is 2.95. The van der Waals surface area contributed by atoms with E-state index in [4.69, 9.17) is 11.6 Å². The molecule has 94 valence electrons. The smallest absolute Gasteiger partial charge is 0.0438 e. The van der Waals surface area contributed by atoms with Crippen LogP contribution in [0.2, 0.25) is 5.02 Å². The molecule has 3 heteroatoms. The van der Waals surface area contributed by atoms with Crippen LogP contribution in [0, 0.1) is 6.92 Å². The molecule has 1 atom stereocenters. The average Bonchev–Trinajstić information content (AvgIpc) is 2.32. The molecule has 0 aliphatic heterocycles. The molecule has 0 saturated heterocycles. The van der Waals surface area contributed by atoms with Gasteiger partial charge in [-0.25, -0.2) is 0 Å². The van der Waals surface area contributed by atoms with Gasteiger partial charge in [-0.05, 0) is 48.2 Å². The molecule has 1 unspecified atom stereocenters. The summed E-state index contributed by atoms with van der Waals surface area (Å²) in [5.41, 5.74) is 3.70. The zero-order valence-electron chi connectivity index (χ0n) is 9.96. The Morgan fingerprint density at radius 3 is 2.61 bits per heavy atom. The summed E-state index contributed by atoms with van der Waals surface area (Å²) in [5.74, 6) is 0. The highest BCUT2D eigenvalue weighted by Crippen LogP contribution is 2.32. The highest BCUT2D eigenvalue weighted by Gasteiger charge is 2.12. The lowest BCUT2D eigenvalue weighted by Crippen LogP contribution is -1.98. The van der Waals surface area contributed by atoms with Crippen LogP contribution in [0.15, 0.2) is 46.9 Å². The molecule has 0 nitrogen and oxygen atoms in total.